The largest absolute Gasteiger partial charge is 0.508 e. The van der Waals surface area contributed by atoms with E-state index in [0.29, 0.717) is 12.2 Å². The van der Waals surface area contributed by atoms with Crippen molar-refractivity contribution in [3.8, 4) is 11.5 Å². The zero-order valence-electron chi connectivity index (χ0n) is 8.40. The average Bonchev–Trinajstić information content (AvgIpc) is 2.56. The Bertz CT molecular complexity index is 386. The van der Waals surface area contributed by atoms with Crippen LogP contribution in [0, 0.1) is 0 Å². The second-order valence-electron chi connectivity index (χ2n) is 3.54. The van der Waals surface area contributed by atoms with Gasteiger partial charge in [0.2, 0.25) is 0 Å². The van der Waals surface area contributed by atoms with Crippen molar-refractivity contribution in [1.82, 2.24) is 0 Å². The summed E-state index contributed by atoms with van der Waals surface area (Å²) >= 11 is 0. The van der Waals surface area contributed by atoms with Crippen molar-refractivity contribution in [2.24, 2.45) is 0 Å². The number of carbonyl (C=O) groups is 1. The second kappa shape index (κ2) is 3.81. The summed E-state index contributed by atoms with van der Waals surface area (Å²) in [7, 11) is 0. The van der Waals surface area contributed by atoms with Gasteiger partial charge in [0, 0.05) is 19.4 Å². The van der Waals surface area contributed by atoms with E-state index in [9.17, 15) is 9.90 Å². The van der Waals surface area contributed by atoms with Crippen LogP contribution in [-0.2, 0) is 16.0 Å². The van der Waals surface area contributed by atoms with Crippen LogP contribution in [0.5, 0.6) is 11.5 Å². The summed E-state index contributed by atoms with van der Waals surface area (Å²) in [5.41, 5.74) is 1.03. The molecule has 80 valence electrons. The first-order valence-corrected chi connectivity index (χ1v) is 4.77. The smallest absolute Gasteiger partial charge is 0.302 e. The third kappa shape index (κ3) is 2.21. The summed E-state index contributed by atoms with van der Waals surface area (Å²) in [5.74, 6) is 0.548. The Morgan fingerprint density at radius 2 is 2.47 bits per heavy atom. The lowest BCUT2D eigenvalue weighted by molar-refractivity contribution is -0.143. The predicted octanol–water partition coefficient (Wildman–Crippen LogP) is 1.26. The van der Waals surface area contributed by atoms with Gasteiger partial charge in [-0.15, -0.1) is 0 Å². The van der Waals surface area contributed by atoms with E-state index in [1.54, 1.807) is 12.1 Å². The van der Waals surface area contributed by atoms with Gasteiger partial charge in [-0.2, -0.15) is 0 Å². The number of aromatic hydroxyl groups is 1. The Morgan fingerprint density at radius 1 is 1.67 bits per heavy atom. The van der Waals surface area contributed by atoms with Crippen LogP contribution in [0.4, 0.5) is 0 Å². The Balaban J connectivity index is 2.00. The lowest BCUT2D eigenvalue weighted by Gasteiger charge is -2.09. The molecule has 1 aromatic rings. The van der Waals surface area contributed by atoms with Gasteiger partial charge in [0.25, 0.3) is 0 Å². The molecule has 0 bridgehead atoms. The van der Waals surface area contributed by atoms with E-state index in [0.717, 1.165) is 5.56 Å². The number of ether oxygens (including phenoxy) is 2. The molecule has 1 unspecified atom stereocenters. The summed E-state index contributed by atoms with van der Waals surface area (Å²) in [5, 5.41) is 9.24. The van der Waals surface area contributed by atoms with Gasteiger partial charge in [0.15, 0.2) is 0 Å². The molecule has 0 saturated heterocycles. The van der Waals surface area contributed by atoms with Gasteiger partial charge in [-0.05, 0) is 11.6 Å². The first-order valence-electron chi connectivity index (χ1n) is 4.77. The SMILES string of the molecule is CC(=O)OCC1Cc2ccc(O)cc2O1. The zero-order valence-corrected chi connectivity index (χ0v) is 8.40. The Morgan fingerprint density at radius 3 is 3.20 bits per heavy atom. The summed E-state index contributed by atoms with van der Waals surface area (Å²) in [6, 6.07) is 5.01. The molecule has 4 nitrogen and oxygen atoms in total. The maximum atomic E-state index is 10.6. The van der Waals surface area contributed by atoms with E-state index in [-0.39, 0.29) is 24.4 Å². The number of esters is 1. The number of hydrogen-bond acceptors (Lipinski definition) is 4. The van der Waals surface area contributed by atoms with Gasteiger partial charge in [-0.25, -0.2) is 0 Å². The van der Waals surface area contributed by atoms with Crippen LogP contribution >= 0.6 is 0 Å². The minimum absolute atomic E-state index is 0.134. The highest BCUT2D eigenvalue weighted by Crippen LogP contribution is 2.31. The van der Waals surface area contributed by atoms with Crippen LogP contribution in [0.1, 0.15) is 12.5 Å². The molecule has 0 radical (unpaired) electrons. The van der Waals surface area contributed by atoms with Gasteiger partial charge in [-0.3, -0.25) is 4.79 Å². The highest BCUT2D eigenvalue weighted by molar-refractivity contribution is 5.65. The minimum Gasteiger partial charge on any atom is -0.508 e. The Hall–Kier alpha value is -1.71. The molecule has 1 aromatic carbocycles. The third-order valence-electron chi connectivity index (χ3n) is 2.26. The molecule has 0 fully saturated rings. The molecular formula is C11H12O4. The zero-order chi connectivity index (χ0) is 10.8. The molecule has 0 amide bonds. The topological polar surface area (TPSA) is 55.8 Å². The van der Waals surface area contributed by atoms with Crippen LogP contribution in [0.15, 0.2) is 18.2 Å². The Labute approximate surface area is 87.4 Å². The molecule has 15 heavy (non-hydrogen) atoms. The van der Waals surface area contributed by atoms with E-state index in [4.69, 9.17) is 9.47 Å². The van der Waals surface area contributed by atoms with E-state index >= 15 is 0 Å². The van der Waals surface area contributed by atoms with E-state index in [1.165, 1.54) is 6.92 Å². The molecule has 1 aliphatic heterocycles. The van der Waals surface area contributed by atoms with E-state index < -0.39 is 0 Å². The first kappa shape index (κ1) is 9.83. The fraction of sp³-hybridized carbons (Fsp3) is 0.364. The first-order chi connectivity index (χ1) is 7.15. The second-order valence-corrected chi connectivity index (χ2v) is 3.54. The number of carbonyl (C=O) groups excluding carboxylic acids is 1. The van der Waals surface area contributed by atoms with Crippen molar-refractivity contribution in [2.75, 3.05) is 6.61 Å². The van der Waals surface area contributed by atoms with Gasteiger partial charge in [0.05, 0.1) is 0 Å². The third-order valence-corrected chi connectivity index (χ3v) is 2.26. The van der Waals surface area contributed by atoms with Gasteiger partial charge in [0.1, 0.15) is 24.2 Å². The fourth-order valence-electron chi connectivity index (χ4n) is 1.59. The van der Waals surface area contributed by atoms with Crippen LogP contribution in [-0.4, -0.2) is 23.8 Å². The molecule has 0 aliphatic carbocycles. The number of benzene rings is 1. The number of phenols is 1. The lowest BCUT2D eigenvalue weighted by atomic mass is 10.1. The van der Waals surface area contributed by atoms with Gasteiger partial charge in [-0.1, -0.05) is 6.07 Å². The predicted molar refractivity (Wildman–Crippen MR) is 52.9 cm³/mol. The van der Waals surface area contributed by atoms with Crippen LogP contribution in [0.2, 0.25) is 0 Å². The monoisotopic (exact) mass is 208 g/mol. The van der Waals surface area contributed by atoms with Crippen LogP contribution < -0.4 is 4.74 Å². The molecule has 1 atom stereocenters. The van der Waals surface area contributed by atoms with Crippen molar-refractivity contribution in [3.63, 3.8) is 0 Å². The maximum absolute atomic E-state index is 10.6. The molecule has 0 spiro atoms. The molecule has 1 aliphatic rings. The summed E-state index contributed by atoms with van der Waals surface area (Å²) in [6.07, 6.45) is 0.578. The molecular weight excluding hydrogens is 196 g/mol. The van der Waals surface area contributed by atoms with Crippen molar-refractivity contribution in [2.45, 2.75) is 19.4 Å². The van der Waals surface area contributed by atoms with Crippen molar-refractivity contribution < 1.29 is 19.4 Å². The number of rotatable bonds is 2. The van der Waals surface area contributed by atoms with E-state index in [2.05, 4.69) is 0 Å². The van der Waals surface area contributed by atoms with Crippen molar-refractivity contribution >= 4 is 5.97 Å². The van der Waals surface area contributed by atoms with Crippen LogP contribution in [0.3, 0.4) is 0 Å². The van der Waals surface area contributed by atoms with Crippen LogP contribution in [0.25, 0.3) is 0 Å². The molecule has 1 heterocycles. The molecule has 0 aromatic heterocycles. The quantitative estimate of drug-likeness (QED) is 0.743. The minimum atomic E-state index is -0.308. The van der Waals surface area contributed by atoms with Gasteiger partial charge >= 0.3 is 5.97 Å². The molecule has 1 N–H and O–H groups in total. The average molecular weight is 208 g/mol. The highest BCUT2D eigenvalue weighted by atomic mass is 16.6. The van der Waals surface area contributed by atoms with E-state index in [1.807, 2.05) is 6.07 Å². The lowest BCUT2D eigenvalue weighted by Crippen LogP contribution is -2.21. The van der Waals surface area contributed by atoms with Crippen molar-refractivity contribution in [3.05, 3.63) is 23.8 Å². The maximum Gasteiger partial charge on any atom is 0.302 e. The standard InChI is InChI=1S/C11H12O4/c1-7(12)14-6-10-4-8-2-3-9(13)5-11(8)15-10/h2-3,5,10,13H,4,6H2,1H3. The highest BCUT2D eigenvalue weighted by Gasteiger charge is 2.23. The normalized spacial score (nSPS) is 18.1. The number of phenolic OH excluding ortho intramolecular Hbond substituents is 1. The summed E-state index contributed by atoms with van der Waals surface area (Å²) < 4.78 is 10.4. The summed E-state index contributed by atoms with van der Waals surface area (Å²) in [6.45, 7) is 1.62. The van der Waals surface area contributed by atoms with Crippen molar-refractivity contribution in [1.29, 1.82) is 0 Å². The Kier molecular flexibility index (Phi) is 2.49. The molecule has 4 heteroatoms. The summed E-state index contributed by atoms with van der Waals surface area (Å²) in [4.78, 5) is 10.6. The number of hydrogen-bond donors (Lipinski definition) is 1. The number of fused-ring (bicyclic) bond motifs is 1. The molecule has 2 rings (SSSR count). The van der Waals surface area contributed by atoms with Gasteiger partial charge < -0.3 is 14.6 Å². The fourth-order valence-corrected chi connectivity index (χ4v) is 1.59. The molecule has 0 saturated carbocycles.